The predicted octanol–water partition coefficient (Wildman–Crippen LogP) is 1.77. The normalized spacial score (nSPS) is 19.4. The minimum absolute atomic E-state index is 0.110. The van der Waals surface area contributed by atoms with Crippen LogP contribution < -0.4 is 15.8 Å². The molecule has 1 aliphatic heterocycles. The van der Waals surface area contributed by atoms with E-state index >= 15 is 0 Å². The summed E-state index contributed by atoms with van der Waals surface area (Å²) in [5, 5.41) is 7.62. The number of rotatable bonds is 4. The lowest BCUT2D eigenvalue weighted by Crippen LogP contribution is -2.35. The van der Waals surface area contributed by atoms with E-state index in [9.17, 15) is 4.79 Å². The average molecular weight is 341 g/mol. The third-order valence-electron chi connectivity index (χ3n) is 3.74. The predicted molar refractivity (Wildman–Crippen MR) is 85.3 cm³/mol. The Morgan fingerprint density at radius 1 is 1.60 bits per heavy atom. The number of hydrogen-bond donors (Lipinski definition) is 1. The zero-order chi connectivity index (χ0) is 14.5. The molecule has 0 radical (unpaired) electrons. The molecule has 2 rings (SSSR count). The van der Waals surface area contributed by atoms with Crippen LogP contribution in [-0.2, 0) is 6.54 Å². The van der Waals surface area contributed by atoms with Crippen molar-refractivity contribution in [2.24, 2.45) is 0 Å². The Morgan fingerprint density at radius 3 is 3.15 bits per heavy atom. The van der Waals surface area contributed by atoms with Gasteiger partial charge in [0.25, 0.3) is 5.56 Å². The van der Waals surface area contributed by atoms with Crippen molar-refractivity contribution < 1.29 is 0 Å². The zero-order valence-electron chi connectivity index (χ0n) is 11.8. The van der Waals surface area contributed by atoms with Crippen LogP contribution in [-0.4, -0.2) is 36.0 Å². The Balaban J connectivity index is 2.25. The smallest absolute Gasteiger partial charge is 0.283 e. The number of nitrogens with zero attached hydrogens (tertiary/aromatic N) is 3. The fourth-order valence-corrected chi connectivity index (χ4v) is 3.13. The van der Waals surface area contributed by atoms with Gasteiger partial charge in [-0.05, 0) is 48.3 Å². The van der Waals surface area contributed by atoms with Gasteiger partial charge in [0.1, 0.15) is 4.47 Å². The van der Waals surface area contributed by atoms with Crippen LogP contribution in [0.3, 0.4) is 0 Å². The van der Waals surface area contributed by atoms with Crippen LogP contribution in [0.15, 0.2) is 28.1 Å². The lowest BCUT2D eigenvalue weighted by atomic mass is 10.1. The average Bonchev–Trinajstić information content (AvgIpc) is 2.73. The Bertz CT molecular complexity index is 520. The van der Waals surface area contributed by atoms with Crippen LogP contribution in [0.4, 0.5) is 5.69 Å². The summed E-state index contributed by atoms with van der Waals surface area (Å²) in [5.41, 5.74) is 0.753. The van der Waals surface area contributed by atoms with Crippen LogP contribution in [0.5, 0.6) is 0 Å². The summed E-state index contributed by atoms with van der Waals surface area (Å²) in [7, 11) is 2.04. The zero-order valence-corrected chi connectivity index (χ0v) is 13.4. The standard InChI is InChI=1S/C14H21BrN4O/c1-3-9-19-14(20)13(15)12(10-17-19)18(2)11-5-4-7-16-8-6-11/h3,10-11,16H,1,4-9H2,2H3. The van der Waals surface area contributed by atoms with Gasteiger partial charge >= 0.3 is 0 Å². The number of allylic oxidation sites excluding steroid dienone is 1. The van der Waals surface area contributed by atoms with E-state index in [-0.39, 0.29) is 5.56 Å². The Labute approximate surface area is 127 Å². The van der Waals surface area contributed by atoms with E-state index < -0.39 is 0 Å². The largest absolute Gasteiger partial charge is 0.369 e. The van der Waals surface area contributed by atoms with Crippen LogP contribution in [0.1, 0.15) is 19.3 Å². The molecule has 1 N–H and O–H groups in total. The van der Waals surface area contributed by atoms with Crippen LogP contribution in [0.25, 0.3) is 0 Å². The minimum Gasteiger partial charge on any atom is -0.369 e. The maximum atomic E-state index is 12.2. The van der Waals surface area contributed by atoms with Crippen LogP contribution in [0, 0.1) is 0 Å². The van der Waals surface area contributed by atoms with Crippen molar-refractivity contribution >= 4 is 21.6 Å². The highest BCUT2D eigenvalue weighted by Gasteiger charge is 2.20. The molecule has 1 unspecified atom stereocenters. The molecule has 2 heterocycles. The molecule has 20 heavy (non-hydrogen) atoms. The quantitative estimate of drug-likeness (QED) is 0.848. The van der Waals surface area contributed by atoms with E-state index in [4.69, 9.17) is 0 Å². The van der Waals surface area contributed by atoms with E-state index in [1.165, 1.54) is 4.68 Å². The Hall–Kier alpha value is -1.14. The summed E-state index contributed by atoms with van der Waals surface area (Å²) in [6.07, 6.45) is 6.80. The molecule has 1 aliphatic rings. The van der Waals surface area contributed by atoms with E-state index in [1.54, 1.807) is 12.3 Å². The molecule has 1 fully saturated rings. The van der Waals surface area contributed by atoms with Gasteiger partial charge in [-0.25, -0.2) is 4.68 Å². The number of nitrogens with one attached hydrogen (secondary N) is 1. The third-order valence-corrected chi connectivity index (χ3v) is 4.49. The first-order chi connectivity index (χ1) is 9.65. The highest BCUT2D eigenvalue weighted by Crippen LogP contribution is 2.25. The Morgan fingerprint density at radius 2 is 2.40 bits per heavy atom. The van der Waals surface area contributed by atoms with Crippen LogP contribution >= 0.6 is 15.9 Å². The number of aromatic nitrogens is 2. The summed E-state index contributed by atoms with van der Waals surface area (Å²) in [6.45, 7) is 6.16. The second kappa shape index (κ2) is 7.04. The van der Waals surface area contributed by atoms with Crippen molar-refractivity contribution in [1.82, 2.24) is 15.1 Å². The lowest BCUT2D eigenvalue weighted by Gasteiger charge is -2.29. The van der Waals surface area contributed by atoms with Gasteiger partial charge in [0, 0.05) is 13.1 Å². The molecule has 0 saturated carbocycles. The SMILES string of the molecule is C=CCn1ncc(N(C)C2CCCNCC2)c(Br)c1=O. The van der Waals surface area contributed by atoms with E-state index in [0.717, 1.165) is 38.0 Å². The summed E-state index contributed by atoms with van der Waals surface area (Å²) < 4.78 is 1.98. The van der Waals surface area contributed by atoms with Gasteiger partial charge in [-0.3, -0.25) is 4.79 Å². The van der Waals surface area contributed by atoms with Gasteiger partial charge in [0.05, 0.1) is 18.4 Å². The molecule has 0 aliphatic carbocycles. The van der Waals surface area contributed by atoms with E-state index in [0.29, 0.717) is 17.1 Å². The van der Waals surface area contributed by atoms with Crippen molar-refractivity contribution in [3.8, 4) is 0 Å². The molecule has 6 heteroatoms. The first-order valence-corrected chi connectivity index (χ1v) is 7.74. The highest BCUT2D eigenvalue weighted by molar-refractivity contribution is 9.10. The van der Waals surface area contributed by atoms with Gasteiger partial charge in [0.15, 0.2) is 0 Å². The fraction of sp³-hybridized carbons (Fsp3) is 0.571. The molecular weight excluding hydrogens is 320 g/mol. The summed E-state index contributed by atoms with van der Waals surface area (Å²) in [4.78, 5) is 14.4. The summed E-state index contributed by atoms with van der Waals surface area (Å²) in [6, 6.07) is 0.442. The van der Waals surface area contributed by atoms with Crippen molar-refractivity contribution in [3.05, 3.63) is 33.7 Å². The lowest BCUT2D eigenvalue weighted by molar-refractivity contribution is 0.561. The molecule has 1 aromatic heterocycles. The minimum atomic E-state index is -0.110. The first kappa shape index (κ1) is 15.3. The molecular formula is C14H21BrN4O. The van der Waals surface area contributed by atoms with Gasteiger partial charge in [-0.1, -0.05) is 6.08 Å². The second-order valence-electron chi connectivity index (χ2n) is 5.07. The molecule has 1 aromatic rings. The maximum absolute atomic E-state index is 12.2. The molecule has 0 aromatic carbocycles. The molecule has 1 saturated heterocycles. The van der Waals surface area contributed by atoms with Gasteiger partial charge < -0.3 is 10.2 Å². The van der Waals surface area contributed by atoms with Gasteiger partial charge in [0.2, 0.25) is 0 Å². The number of halogens is 1. The third kappa shape index (κ3) is 3.30. The van der Waals surface area contributed by atoms with Crippen molar-refractivity contribution in [2.45, 2.75) is 31.8 Å². The summed E-state index contributed by atoms with van der Waals surface area (Å²) >= 11 is 3.42. The van der Waals surface area contributed by atoms with E-state index in [2.05, 4.69) is 37.8 Å². The van der Waals surface area contributed by atoms with Crippen molar-refractivity contribution in [3.63, 3.8) is 0 Å². The molecule has 110 valence electrons. The number of anilines is 1. The van der Waals surface area contributed by atoms with Crippen molar-refractivity contribution in [1.29, 1.82) is 0 Å². The van der Waals surface area contributed by atoms with Crippen LogP contribution in [0.2, 0.25) is 0 Å². The molecule has 0 amide bonds. The summed E-state index contributed by atoms with van der Waals surface area (Å²) in [5.74, 6) is 0. The second-order valence-corrected chi connectivity index (χ2v) is 5.86. The van der Waals surface area contributed by atoms with Gasteiger partial charge in [-0.15, -0.1) is 6.58 Å². The first-order valence-electron chi connectivity index (χ1n) is 6.95. The Kier molecular flexibility index (Phi) is 5.37. The highest BCUT2D eigenvalue weighted by atomic mass is 79.9. The fourth-order valence-electron chi connectivity index (χ4n) is 2.54. The molecule has 0 spiro atoms. The van der Waals surface area contributed by atoms with Gasteiger partial charge in [-0.2, -0.15) is 5.10 Å². The van der Waals surface area contributed by atoms with Crippen molar-refractivity contribution in [2.75, 3.05) is 25.0 Å². The monoisotopic (exact) mass is 340 g/mol. The topological polar surface area (TPSA) is 50.2 Å². The molecule has 5 nitrogen and oxygen atoms in total. The maximum Gasteiger partial charge on any atom is 0.283 e. The number of hydrogen-bond acceptors (Lipinski definition) is 4. The van der Waals surface area contributed by atoms with E-state index in [1.807, 2.05) is 7.05 Å². The molecule has 1 atom stereocenters. The molecule has 0 bridgehead atoms.